The van der Waals surface area contributed by atoms with Gasteiger partial charge in [-0.3, -0.25) is 0 Å². The fourth-order valence-corrected chi connectivity index (χ4v) is 2.80. The minimum absolute atomic E-state index is 0.166. The van der Waals surface area contributed by atoms with E-state index in [-0.39, 0.29) is 4.65 Å². The molecular weight excluding hydrogens is 272 g/mol. The highest BCUT2D eigenvalue weighted by Gasteiger charge is 2.00. The van der Waals surface area contributed by atoms with Gasteiger partial charge in [0.15, 0.2) is 0 Å². The van der Waals surface area contributed by atoms with Crippen LogP contribution in [-0.2, 0) is 0 Å². The van der Waals surface area contributed by atoms with Crippen LogP contribution in [-0.4, -0.2) is 38.4 Å². The molecule has 0 unspecified atom stereocenters. The number of nitrogens with one attached hydrogen (secondary N) is 1. The maximum atomic E-state index is 11.4. The van der Waals surface area contributed by atoms with E-state index in [1.54, 1.807) is 14.1 Å². The van der Waals surface area contributed by atoms with Crippen molar-refractivity contribution >= 4 is 0 Å². The van der Waals surface area contributed by atoms with Gasteiger partial charge in [-0.2, -0.15) is 0 Å². The minimum atomic E-state index is -0.166. The lowest BCUT2D eigenvalue weighted by Gasteiger charge is -2.33. The number of quaternary nitrogens is 1. The molecule has 0 saturated heterocycles. The number of hydroxylamine groups is 3. The second kappa shape index (κ2) is 15.8. The third-order valence-electron chi connectivity index (χ3n) is 4.26. The first-order valence-corrected chi connectivity index (χ1v) is 9.81. The van der Waals surface area contributed by atoms with Gasteiger partial charge in [0.2, 0.25) is 0 Å². The first kappa shape index (κ1) is 21.9. The molecule has 0 atom stereocenters. The van der Waals surface area contributed by atoms with E-state index in [4.69, 9.17) is 0 Å². The van der Waals surface area contributed by atoms with Crippen molar-refractivity contribution in [1.82, 2.24) is 5.32 Å². The Balaban J connectivity index is 3.00. The number of hydrogen-bond donors (Lipinski definition) is 1. The first-order valence-electron chi connectivity index (χ1n) is 9.81. The maximum Gasteiger partial charge on any atom is 0.0792 e. The molecule has 0 rings (SSSR count). The highest BCUT2D eigenvalue weighted by Crippen LogP contribution is 2.11. The predicted octanol–water partition coefficient (Wildman–Crippen LogP) is 5.24. The van der Waals surface area contributed by atoms with Gasteiger partial charge in [-0.25, -0.2) is 0 Å². The van der Waals surface area contributed by atoms with Crippen molar-refractivity contribution in [2.24, 2.45) is 0 Å². The van der Waals surface area contributed by atoms with Crippen molar-refractivity contribution in [1.29, 1.82) is 0 Å². The molecule has 3 heteroatoms. The molecule has 22 heavy (non-hydrogen) atoms. The Labute approximate surface area is 140 Å². The molecule has 1 N–H and O–H groups in total. The second-order valence-corrected chi connectivity index (χ2v) is 7.29. The van der Waals surface area contributed by atoms with Gasteiger partial charge in [-0.15, -0.1) is 0 Å². The normalized spacial score (nSPS) is 12.0. The Morgan fingerprint density at radius 3 is 1.50 bits per heavy atom. The lowest BCUT2D eigenvalue weighted by molar-refractivity contribution is -0.840. The second-order valence-electron chi connectivity index (χ2n) is 7.29. The highest BCUT2D eigenvalue weighted by atomic mass is 16.5. The quantitative estimate of drug-likeness (QED) is 0.226. The van der Waals surface area contributed by atoms with Crippen molar-refractivity contribution in [2.75, 3.05) is 33.7 Å². The lowest BCUT2D eigenvalue weighted by atomic mass is 10.1. The van der Waals surface area contributed by atoms with Crippen LogP contribution in [0.1, 0.15) is 90.4 Å². The van der Waals surface area contributed by atoms with Crippen molar-refractivity contribution in [3.8, 4) is 0 Å². The monoisotopic (exact) mass is 314 g/mol. The Morgan fingerprint density at radius 1 is 0.636 bits per heavy atom. The summed E-state index contributed by atoms with van der Waals surface area (Å²) in [6, 6.07) is 0. The van der Waals surface area contributed by atoms with Gasteiger partial charge in [0.1, 0.15) is 0 Å². The van der Waals surface area contributed by atoms with Crippen molar-refractivity contribution in [2.45, 2.75) is 90.4 Å². The summed E-state index contributed by atoms with van der Waals surface area (Å²) < 4.78 is -0.166. The summed E-state index contributed by atoms with van der Waals surface area (Å²) in [5.41, 5.74) is 0. The summed E-state index contributed by atoms with van der Waals surface area (Å²) in [7, 11) is 3.43. The molecule has 0 aromatic rings. The van der Waals surface area contributed by atoms with Crippen LogP contribution in [0.15, 0.2) is 0 Å². The molecule has 0 aliphatic heterocycles. The molecule has 0 aromatic heterocycles. The molecule has 0 aliphatic rings. The molecule has 0 radical (unpaired) electrons. The predicted molar refractivity (Wildman–Crippen MR) is 98.9 cm³/mol. The standard InChI is InChI=1S/C19H42N2O/c1-4-5-6-7-8-9-10-11-12-13-14-15-17-20-18-16-19-21(2,3)22/h20H,4-19H2,1-3H3. The van der Waals surface area contributed by atoms with Crippen LogP contribution in [0.4, 0.5) is 0 Å². The van der Waals surface area contributed by atoms with Gasteiger partial charge >= 0.3 is 0 Å². The van der Waals surface area contributed by atoms with E-state index >= 15 is 0 Å². The third-order valence-corrected chi connectivity index (χ3v) is 4.26. The van der Waals surface area contributed by atoms with Crippen LogP contribution in [0.25, 0.3) is 0 Å². The number of hydrogen-bond acceptors (Lipinski definition) is 2. The van der Waals surface area contributed by atoms with Crippen LogP contribution < -0.4 is 5.32 Å². The van der Waals surface area contributed by atoms with Crippen LogP contribution in [0, 0.1) is 5.21 Å². The molecular formula is C19H42N2O. The topological polar surface area (TPSA) is 35.1 Å². The largest absolute Gasteiger partial charge is 0.633 e. The van der Waals surface area contributed by atoms with Crippen LogP contribution >= 0.6 is 0 Å². The fraction of sp³-hybridized carbons (Fsp3) is 1.00. The van der Waals surface area contributed by atoms with E-state index in [0.29, 0.717) is 6.54 Å². The van der Waals surface area contributed by atoms with Crippen molar-refractivity contribution in [3.05, 3.63) is 5.21 Å². The van der Waals surface area contributed by atoms with E-state index in [9.17, 15) is 5.21 Å². The molecule has 134 valence electrons. The SMILES string of the molecule is CCCCCCCCCCCCCCNCCC[N+](C)(C)[O-]. The summed E-state index contributed by atoms with van der Waals surface area (Å²) in [6.07, 6.45) is 17.8. The van der Waals surface area contributed by atoms with Crippen molar-refractivity contribution in [3.63, 3.8) is 0 Å². The molecule has 0 saturated carbocycles. The molecule has 0 fully saturated rings. The highest BCUT2D eigenvalue weighted by molar-refractivity contribution is 4.51. The molecule has 0 spiro atoms. The first-order chi connectivity index (χ1) is 10.6. The minimum Gasteiger partial charge on any atom is -0.633 e. The van der Waals surface area contributed by atoms with Crippen LogP contribution in [0.3, 0.4) is 0 Å². The Kier molecular flexibility index (Phi) is 15.7. The van der Waals surface area contributed by atoms with Gasteiger partial charge in [-0.05, 0) is 13.0 Å². The molecule has 0 amide bonds. The lowest BCUT2D eigenvalue weighted by Crippen LogP contribution is -2.34. The van der Waals surface area contributed by atoms with E-state index in [1.165, 1.54) is 77.0 Å². The van der Waals surface area contributed by atoms with Gasteiger partial charge in [-0.1, -0.05) is 77.6 Å². The van der Waals surface area contributed by atoms with Gasteiger partial charge in [0.25, 0.3) is 0 Å². The fourth-order valence-electron chi connectivity index (χ4n) is 2.80. The van der Waals surface area contributed by atoms with Crippen LogP contribution in [0.5, 0.6) is 0 Å². The van der Waals surface area contributed by atoms with E-state index in [2.05, 4.69) is 12.2 Å². The summed E-state index contributed by atoms with van der Waals surface area (Å²) >= 11 is 0. The van der Waals surface area contributed by atoms with Crippen LogP contribution in [0.2, 0.25) is 0 Å². The average Bonchev–Trinajstić information content (AvgIpc) is 2.45. The van der Waals surface area contributed by atoms with Gasteiger partial charge in [0.05, 0.1) is 20.6 Å². The number of unbranched alkanes of at least 4 members (excludes halogenated alkanes) is 11. The third kappa shape index (κ3) is 19.9. The summed E-state index contributed by atoms with van der Waals surface area (Å²) in [6.45, 7) is 5.10. The smallest absolute Gasteiger partial charge is 0.0792 e. The summed E-state index contributed by atoms with van der Waals surface area (Å²) in [4.78, 5) is 0. The zero-order valence-corrected chi connectivity index (χ0v) is 15.7. The van der Waals surface area contributed by atoms with Gasteiger partial charge < -0.3 is 15.2 Å². The van der Waals surface area contributed by atoms with Gasteiger partial charge in [0, 0.05) is 13.0 Å². The average molecular weight is 315 g/mol. The van der Waals surface area contributed by atoms with Crippen molar-refractivity contribution < 1.29 is 4.65 Å². The molecule has 3 nitrogen and oxygen atoms in total. The van der Waals surface area contributed by atoms with E-state index in [0.717, 1.165) is 19.5 Å². The Morgan fingerprint density at radius 2 is 1.05 bits per heavy atom. The summed E-state index contributed by atoms with van der Waals surface area (Å²) in [5, 5.41) is 14.8. The number of nitrogens with zero attached hydrogens (tertiary/aromatic N) is 1. The molecule has 0 aliphatic carbocycles. The molecule has 0 heterocycles. The Bertz CT molecular complexity index is 214. The zero-order chi connectivity index (χ0) is 16.5. The summed E-state index contributed by atoms with van der Waals surface area (Å²) in [5.74, 6) is 0. The maximum absolute atomic E-state index is 11.4. The van der Waals surface area contributed by atoms with E-state index < -0.39 is 0 Å². The Hall–Kier alpha value is -0.120. The zero-order valence-electron chi connectivity index (χ0n) is 15.7. The molecule has 0 aromatic carbocycles. The molecule has 0 bridgehead atoms. The number of rotatable bonds is 17. The van der Waals surface area contributed by atoms with E-state index in [1.807, 2.05) is 0 Å².